The molecule has 0 bridgehead atoms. The van der Waals surface area contributed by atoms with Gasteiger partial charge in [0.05, 0.1) is 0 Å². The standard InChI is InChI=1S/C16H32N2/c1-13(12-16-10-6-7-11-17-16)18-14(2)15-8-4-3-5-9-15/h13-18H,3-12H2,1-2H3/t13?,14-,16?/m1/s1. The van der Waals surface area contributed by atoms with Gasteiger partial charge in [-0.1, -0.05) is 25.7 Å². The molecule has 2 fully saturated rings. The van der Waals surface area contributed by atoms with E-state index < -0.39 is 0 Å². The van der Waals surface area contributed by atoms with Gasteiger partial charge in [-0.25, -0.2) is 0 Å². The Morgan fingerprint density at radius 2 is 1.72 bits per heavy atom. The summed E-state index contributed by atoms with van der Waals surface area (Å²) in [4.78, 5) is 0. The average Bonchev–Trinajstić information content (AvgIpc) is 2.40. The maximum Gasteiger partial charge on any atom is 0.00817 e. The number of nitrogens with one attached hydrogen (secondary N) is 2. The van der Waals surface area contributed by atoms with Gasteiger partial charge in [-0.15, -0.1) is 0 Å². The topological polar surface area (TPSA) is 24.1 Å². The minimum Gasteiger partial charge on any atom is -0.314 e. The number of rotatable bonds is 5. The minimum atomic E-state index is 0.664. The van der Waals surface area contributed by atoms with Crippen molar-refractivity contribution in [3.63, 3.8) is 0 Å². The minimum absolute atomic E-state index is 0.664. The summed E-state index contributed by atoms with van der Waals surface area (Å²) >= 11 is 0. The molecule has 0 aromatic heterocycles. The molecule has 106 valence electrons. The highest BCUT2D eigenvalue weighted by atomic mass is 15.0. The summed E-state index contributed by atoms with van der Waals surface area (Å²) in [6.07, 6.45) is 12.7. The van der Waals surface area contributed by atoms with Crippen LogP contribution in [-0.2, 0) is 0 Å². The molecule has 2 N–H and O–H groups in total. The van der Waals surface area contributed by atoms with Crippen molar-refractivity contribution in [1.29, 1.82) is 0 Å². The van der Waals surface area contributed by atoms with Crippen molar-refractivity contribution in [3.8, 4) is 0 Å². The molecule has 0 radical (unpaired) electrons. The van der Waals surface area contributed by atoms with E-state index in [1.807, 2.05) is 0 Å². The van der Waals surface area contributed by atoms with E-state index in [1.54, 1.807) is 0 Å². The molecule has 1 aliphatic carbocycles. The zero-order valence-corrected chi connectivity index (χ0v) is 12.4. The van der Waals surface area contributed by atoms with Crippen LogP contribution in [-0.4, -0.2) is 24.7 Å². The van der Waals surface area contributed by atoms with Gasteiger partial charge in [0.2, 0.25) is 0 Å². The van der Waals surface area contributed by atoms with Crippen LogP contribution >= 0.6 is 0 Å². The first-order chi connectivity index (χ1) is 8.75. The van der Waals surface area contributed by atoms with Crippen LogP contribution in [0.5, 0.6) is 0 Å². The second-order valence-corrected chi connectivity index (χ2v) is 6.64. The van der Waals surface area contributed by atoms with Crippen molar-refractivity contribution in [2.45, 2.75) is 89.8 Å². The Kier molecular flexibility index (Phi) is 5.97. The van der Waals surface area contributed by atoms with E-state index in [1.165, 1.54) is 64.3 Å². The first kappa shape index (κ1) is 14.3. The van der Waals surface area contributed by atoms with Gasteiger partial charge in [0.1, 0.15) is 0 Å². The zero-order valence-electron chi connectivity index (χ0n) is 12.4. The highest BCUT2D eigenvalue weighted by Crippen LogP contribution is 2.26. The smallest absolute Gasteiger partial charge is 0.00817 e. The lowest BCUT2D eigenvalue weighted by Gasteiger charge is -2.33. The lowest BCUT2D eigenvalue weighted by molar-refractivity contribution is 0.252. The summed E-state index contributed by atoms with van der Waals surface area (Å²) in [5, 5.41) is 7.52. The van der Waals surface area contributed by atoms with Crippen molar-refractivity contribution in [1.82, 2.24) is 10.6 Å². The fraction of sp³-hybridized carbons (Fsp3) is 1.00. The third kappa shape index (κ3) is 4.55. The van der Waals surface area contributed by atoms with Crippen molar-refractivity contribution in [3.05, 3.63) is 0 Å². The Balaban J connectivity index is 1.67. The van der Waals surface area contributed by atoms with E-state index in [0.717, 1.165) is 12.0 Å². The SMILES string of the molecule is CC(CC1CCCCN1)N[C@H](C)C1CCCCC1. The molecule has 2 aliphatic rings. The molecule has 3 atom stereocenters. The summed E-state index contributed by atoms with van der Waals surface area (Å²) in [7, 11) is 0. The number of hydrogen-bond donors (Lipinski definition) is 2. The molecule has 1 aliphatic heterocycles. The second-order valence-electron chi connectivity index (χ2n) is 6.64. The Labute approximate surface area is 113 Å². The predicted octanol–water partition coefficient (Wildman–Crippen LogP) is 3.47. The van der Waals surface area contributed by atoms with Crippen molar-refractivity contribution in [2.75, 3.05) is 6.54 Å². The van der Waals surface area contributed by atoms with E-state index in [4.69, 9.17) is 0 Å². The molecular weight excluding hydrogens is 220 g/mol. The van der Waals surface area contributed by atoms with Crippen LogP contribution in [0.2, 0.25) is 0 Å². The molecule has 1 heterocycles. The van der Waals surface area contributed by atoms with Crippen LogP contribution in [0.25, 0.3) is 0 Å². The largest absolute Gasteiger partial charge is 0.314 e. The molecule has 2 nitrogen and oxygen atoms in total. The van der Waals surface area contributed by atoms with E-state index in [0.29, 0.717) is 12.1 Å². The Bertz CT molecular complexity index is 217. The molecule has 0 aromatic carbocycles. The van der Waals surface area contributed by atoms with E-state index >= 15 is 0 Å². The zero-order chi connectivity index (χ0) is 12.8. The van der Waals surface area contributed by atoms with Crippen LogP contribution in [0, 0.1) is 5.92 Å². The highest BCUT2D eigenvalue weighted by molar-refractivity contribution is 4.81. The molecule has 0 aromatic rings. The normalized spacial score (nSPS) is 30.0. The van der Waals surface area contributed by atoms with Crippen LogP contribution < -0.4 is 10.6 Å². The molecule has 1 saturated carbocycles. The van der Waals surface area contributed by atoms with Crippen LogP contribution in [0.3, 0.4) is 0 Å². The van der Waals surface area contributed by atoms with Crippen molar-refractivity contribution < 1.29 is 0 Å². The Morgan fingerprint density at radius 1 is 1.00 bits per heavy atom. The van der Waals surface area contributed by atoms with Crippen LogP contribution in [0.1, 0.15) is 71.6 Å². The van der Waals surface area contributed by atoms with Gasteiger partial charge in [-0.3, -0.25) is 0 Å². The lowest BCUT2D eigenvalue weighted by Crippen LogP contribution is -2.44. The first-order valence-corrected chi connectivity index (χ1v) is 8.25. The van der Waals surface area contributed by atoms with Gasteiger partial charge in [-0.2, -0.15) is 0 Å². The first-order valence-electron chi connectivity index (χ1n) is 8.25. The highest BCUT2D eigenvalue weighted by Gasteiger charge is 2.22. The van der Waals surface area contributed by atoms with Gasteiger partial charge in [-0.05, 0) is 58.4 Å². The maximum absolute atomic E-state index is 3.86. The van der Waals surface area contributed by atoms with E-state index in [2.05, 4.69) is 24.5 Å². The Hall–Kier alpha value is -0.0800. The summed E-state index contributed by atoms with van der Waals surface area (Å²) in [6.45, 7) is 6.01. The molecule has 18 heavy (non-hydrogen) atoms. The van der Waals surface area contributed by atoms with Crippen molar-refractivity contribution in [2.24, 2.45) is 5.92 Å². The number of piperidine rings is 1. The average molecular weight is 252 g/mol. The fourth-order valence-corrected chi connectivity index (χ4v) is 3.84. The summed E-state index contributed by atoms with van der Waals surface area (Å²) < 4.78 is 0. The van der Waals surface area contributed by atoms with Gasteiger partial charge in [0.25, 0.3) is 0 Å². The lowest BCUT2D eigenvalue weighted by atomic mass is 9.84. The molecule has 2 heteroatoms. The van der Waals surface area contributed by atoms with Crippen molar-refractivity contribution >= 4 is 0 Å². The van der Waals surface area contributed by atoms with Gasteiger partial charge in [0, 0.05) is 18.1 Å². The van der Waals surface area contributed by atoms with E-state index in [-0.39, 0.29) is 0 Å². The third-order valence-corrected chi connectivity index (χ3v) is 4.95. The maximum atomic E-state index is 3.86. The number of hydrogen-bond acceptors (Lipinski definition) is 2. The molecule has 2 unspecified atom stereocenters. The molecule has 0 spiro atoms. The van der Waals surface area contributed by atoms with Crippen LogP contribution in [0.15, 0.2) is 0 Å². The Morgan fingerprint density at radius 3 is 2.39 bits per heavy atom. The van der Waals surface area contributed by atoms with Gasteiger partial charge < -0.3 is 10.6 Å². The van der Waals surface area contributed by atoms with Crippen LogP contribution in [0.4, 0.5) is 0 Å². The quantitative estimate of drug-likeness (QED) is 0.783. The fourth-order valence-electron chi connectivity index (χ4n) is 3.84. The summed E-state index contributed by atoms with van der Waals surface area (Å²) in [5.41, 5.74) is 0. The molecular formula is C16H32N2. The van der Waals surface area contributed by atoms with Gasteiger partial charge in [0.15, 0.2) is 0 Å². The summed E-state index contributed by atoms with van der Waals surface area (Å²) in [5.74, 6) is 0.931. The molecule has 1 saturated heterocycles. The second kappa shape index (κ2) is 7.49. The monoisotopic (exact) mass is 252 g/mol. The van der Waals surface area contributed by atoms with Gasteiger partial charge >= 0.3 is 0 Å². The summed E-state index contributed by atoms with van der Waals surface area (Å²) in [6, 6.07) is 2.14. The van der Waals surface area contributed by atoms with E-state index in [9.17, 15) is 0 Å². The molecule has 0 amide bonds. The molecule has 2 rings (SSSR count). The predicted molar refractivity (Wildman–Crippen MR) is 78.9 cm³/mol. The third-order valence-electron chi connectivity index (χ3n) is 4.95.